The lowest BCUT2D eigenvalue weighted by Gasteiger charge is -2.30. The second kappa shape index (κ2) is 9.36. The van der Waals surface area contributed by atoms with Gasteiger partial charge in [0.2, 0.25) is 5.91 Å². The van der Waals surface area contributed by atoms with Gasteiger partial charge in [0.1, 0.15) is 12.1 Å². The lowest BCUT2D eigenvalue weighted by Crippen LogP contribution is -2.49. The molecule has 1 aliphatic carbocycles. The fraction of sp³-hybridized carbons (Fsp3) is 0.609. The van der Waals surface area contributed by atoms with Crippen molar-refractivity contribution in [3.05, 3.63) is 35.9 Å². The standard InChI is InChI=1S/C23H33N5O3/c1-27(14-8-11-18-15-19(26-25-18)17-9-4-2-5-10-17)20(29)16-28-21(30)23(24-22(28)31)12-6-3-7-13-23/h2,4-5,9-10,18-19,25-26H,3,6-8,11-16H2,1H3,(H,24,31). The minimum absolute atomic E-state index is 0.178. The van der Waals surface area contributed by atoms with E-state index in [2.05, 4.69) is 28.3 Å². The molecule has 4 rings (SSSR count). The Morgan fingerprint density at radius 3 is 2.61 bits per heavy atom. The number of carbonyl (C=O) groups is 3. The average molecular weight is 428 g/mol. The number of amides is 4. The van der Waals surface area contributed by atoms with Gasteiger partial charge in [0.05, 0.1) is 0 Å². The van der Waals surface area contributed by atoms with Gasteiger partial charge >= 0.3 is 6.03 Å². The highest BCUT2D eigenvalue weighted by Gasteiger charge is 2.51. The highest BCUT2D eigenvalue weighted by molar-refractivity contribution is 6.09. The molecule has 0 bridgehead atoms. The van der Waals surface area contributed by atoms with E-state index < -0.39 is 11.6 Å². The van der Waals surface area contributed by atoms with Crippen LogP contribution in [0.25, 0.3) is 0 Å². The summed E-state index contributed by atoms with van der Waals surface area (Å²) in [6, 6.07) is 10.6. The third-order valence-corrected chi connectivity index (χ3v) is 6.90. The van der Waals surface area contributed by atoms with Gasteiger partial charge < -0.3 is 10.2 Å². The van der Waals surface area contributed by atoms with Gasteiger partial charge in [-0.1, -0.05) is 49.6 Å². The molecule has 1 saturated carbocycles. The zero-order chi connectivity index (χ0) is 21.8. The topological polar surface area (TPSA) is 93.8 Å². The van der Waals surface area contributed by atoms with Crippen molar-refractivity contribution in [1.29, 1.82) is 0 Å². The summed E-state index contributed by atoms with van der Waals surface area (Å²) >= 11 is 0. The Bertz CT molecular complexity index is 809. The van der Waals surface area contributed by atoms with Gasteiger partial charge in [-0.2, -0.15) is 0 Å². The van der Waals surface area contributed by atoms with Gasteiger partial charge in [0, 0.05) is 25.7 Å². The van der Waals surface area contributed by atoms with Crippen molar-refractivity contribution in [3.63, 3.8) is 0 Å². The molecule has 0 aromatic heterocycles. The maximum Gasteiger partial charge on any atom is 0.325 e. The molecule has 4 amide bonds. The summed E-state index contributed by atoms with van der Waals surface area (Å²) in [5, 5.41) is 2.86. The molecule has 3 fully saturated rings. The fourth-order valence-corrected chi connectivity index (χ4v) is 4.99. The first kappa shape index (κ1) is 21.8. The van der Waals surface area contributed by atoms with Crippen LogP contribution in [0, 0.1) is 0 Å². The van der Waals surface area contributed by atoms with E-state index in [4.69, 9.17) is 0 Å². The van der Waals surface area contributed by atoms with Gasteiger partial charge in [0.25, 0.3) is 5.91 Å². The van der Waals surface area contributed by atoms with Crippen LogP contribution >= 0.6 is 0 Å². The average Bonchev–Trinajstić information content (AvgIpc) is 3.34. The summed E-state index contributed by atoms with van der Waals surface area (Å²) in [6.07, 6.45) is 7.10. The van der Waals surface area contributed by atoms with Gasteiger partial charge in [-0.25, -0.2) is 4.79 Å². The molecule has 2 heterocycles. The number of benzene rings is 1. The minimum atomic E-state index is -0.773. The van der Waals surface area contributed by atoms with Gasteiger partial charge in [-0.05, 0) is 37.7 Å². The maximum atomic E-state index is 12.8. The Balaban J connectivity index is 1.21. The molecule has 3 aliphatic rings. The highest BCUT2D eigenvalue weighted by Crippen LogP contribution is 2.33. The van der Waals surface area contributed by atoms with Crippen LogP contribution in [0.3, 0.4) is 0 Å². The summed E-state index contributed by atoms with van der Waals surface area (Å²) in [5.41, 5.74) is 7.20. The molecule has 2 unspecified atom stereocenters. The van der Waals surface area contributed by atoms with Crippen LogP contribution in [-0.2, 0) is 9.59 Å². The third kappa shape index (κ3) is 4.75. The first-order valence-corrected chi connectivity index (χ1v) is 11.4. The Kier molecular flexibility index (Phi) is 6.57. The van der Waals surface area contributed by atoms with Crippen LogP contribution in [0.1, 0.15) is 63.0 Å². The lowest BCUT2D eigenvalue weighted by atomic mass is 9.82. The number of urea groups is 1. The van der Waals surface area contributed by atoms with E-state index in [0.717, 1.165) is 43.4 Å². The normalized spacial score (nSPS) is 25.1. The van der Waals surface area contributed by atoms with Crippen LogP contribution in [-0.4, -0.2) is 59.4 Å². The predicted octanol–water partition coefficient (Wildman–Crippen LogP) is 2.09. The Labute approximate surface area is 183 Å². The van der Waals surface area contributed by atoms with Crippen LogP contribution in [0.4, 0.5) is 4.79 Å². The molecule has 0 radical (unpaired) electrons. The SMILES string of the molecule is CN(CCCC1CC(c2ccccc2)NN1)C(=O)CN1C(=O)NC2(CCCCC2)C1=O. The van der Waals surface area contributed by atoms with E-state index in [1.165, 1.54) is 5.56 Å². The molecule has 8 nitrogen and oxygen atoms in total. The Morgan fingerprint density at radius 2 is 1.87 bits per heavy atom. The quantitative estimate of drug-likeness (QED) is 0.580. The zero-order valence-corrected chi connectivity index (χ0v) is 18.2. The Morgan fingerprint density at radius 1 is 1.13 bits per heavy atom. The molecular weight excluding hydrogens is 394 g/mol. The van der Waals surface area contributed by atoms with E-state index in [1.807, 2.05) is 18.2 Å². The number of likely N-dealkylation sites (N-methyl/N-ethyl adjacent to an activating group) is 1. The van der Waals surface area contributed by atoms with Crippen molar-refractivity contribution in [1.82, 2.24) is 26.0 Å². The molecule has 2 aliphatic heterocycles. The van der Waals surface area contributed by atoms with Crippen molar-refractivity contribution in [3.8, 4) is 0 Å². The van der Waals surface area contributed by atoms with E-state index in [9.17, 15) is 14.4 Å². The number of nitrogens with zero attached hydrogens (tertiary/aromatic N) is 2. The molecule has 1 aromatic carbocycles. The molecule has 3 N–H and O–H groups in total. The van der Waals surface area contributed by atoms with Crippen LogP contribution in [0.5, 0.6) is 0 Å². The number of hydrogen-bond acceptors (Lipinski definition) is 5. The number of hydrogen-bond donors (Lipinski definition) is 3. The summed E-state index contributed by atoms with van der Waals surface area (Å²) < 4.78 is 0. The van der Waals surface area contributed by atoms with Crippen LogP contribution in [0.15, 0.2) is 30.3 Å². The van der Waals surface area contributed by atoms with Crippen molar-refractivity contribution >= 4 is 17.8 Å². The monoisotopic (exact) mass is 427 g/mol. The molecule has 1 spiro atoms. The predicted molar refractivity (Wildman–Crippen MR) is 117 cm³/mol. The zero-order valence-electron chi connectivity index (χ0n) is 18.2. The molecule has 1 aromatic rings. The van der Waals surface area contributed by atoms with E-state index in [-0.39, 0.29) is 18.4 Å². The first-order chi connectivity index (χ1) is 15.0. The first-order valence-electron chi connectivity index (χ1n) is 11.4. The van der Waals surface area contributed by atoms with Crippen molar-refractivity contribution in [2.45, 2.75) is 69.0 Å². The molecular formula is C23H33N5O3. The van der Waals surface area contributed by atoms with Crippen molar-refractivity contribution < 1.29 is 14.4 Å². The number of rotatable bonds is 7. The van der Waals surface area contributed by atoms with Gasteiger partial charge in [-0.3, -0.25) is 25.3 Å². The largest absolute Gasteiger partial charge is 0.344 e. The molecule has 2 atom stereocenters. The second-order valence-electron chi connectivity index (χ2n) is 9.11. The van der Waals surface area contributed by atoms with E-state index >= 15 is 0 Å². The number of imide groups is 1. The molecule has 2 saturated heterocycles. The highest BCUT2D eigenvalue weighted by atomic mass is 16.2. The smallest absolute Gasteiger partial charge is 0.325 e. The van der Waals surface area contributed by atoms with Crippen LogP contribution < -0.4 is 16.2 Å². The maximum absolute atomic E-state index is 12.8. The number of nitrogens with one attached hydrogen (secondary N) is 3. The van der Waals surface area contributed by atoms with Crippen LogP contribution in [0.2, 0.25) is 0 Å². The summed E-state index contributed by atoms with van der Waals surface area (Å²) in [6.45, 7) is 0.421. The molecule has 8 heteroatoms. The molecule has 31 heavy (non-hydrogen) atoms. The van der Waals surface area contributed by atoms with E-state index in [1.54, 1.807) is 11.9 Å². The fourth-order valence-electron chi connectivity index (χ4n) is 4.99. The molecule has 168 valence electrons. The third-order valence-electron chi connectivity index (χ3n) is 6.90. The number of carbonyl (C=O) groups excluding carboxylic acids is 3. The van der Waals surface area contributed by atoms with Crippen molar-refractivity contribution in [2.75, 3.05) is 20.1 Å². The second-order valence-corrected chi connectivity index (χ2v) is 9.11. The van der Waals surface area contributed by atoms with Crippen molar-refractivity contribution in [2.24, 2.45) is 0 Å². The Hall–Kier alpha value is -2.45. The lowest BCUT2D eigenvalue weighted by molar-refractivity contribution is -0.139. The summed E-state index contributed by atoms with van der Waals surface area (Å²) in [7, 11) is 1.74. The van der Waals surface area contributed by atoms with Gasteiger partial charge in [-0.15, -0.1) is 0 Å². The number of hydrazine groups is 1. The summed E-state index contributed by atoms with van der Waals surface area (Å²) in [5.74, 6) is -0.428. The van der Waals surface area contributed by atoms with Gasteiger partial charge in [0.15, 0.2) is 0 Å². The van der Waals surface area contributed by atoms with E-state index in [0.29, 0.717) is 31.5 Å². The summed E-state index contributed by atoms with van der Waals surface area (Å²) in [4.78, 5) is 40.6. The minimum Gasteiger partial charge on any atom is -0.344 e.